The van der Waals surface area contributed by atoms with Gasteiger partial charge in [-0.3, -0.25) is 4.79 Å². The molecule has 0 spiro atoms. The predicted molar refractivity (Wildman–Crippen MR) is 72.2 cm³/mol. The number of nitrogens with one attached hydrogen (secondary N) is 2. The summed E-state index contributed by atoms with van der Waals surface area (Å²) in [6.07, 6.45) is 1.49. The fourth-order valence-electron chi connectivity index (χ4n) is 1.78. The zero-order chi connectivity index (χ0) is 12.7. The fourth-order valence-corrected chi connectivity index (χ4v) is 1.78. The second-order valence-electron chi connectivity index (χ2n) is 4.26. The smallest absolute Gasteiger partial charge is 0.225 e. The summed E-state index contributed by atoms with van der Waals surface area (Å²) in [7, 11) is 0. The Balaban J connectivity index is 2.49. The topological polar surface area (TPSA) is 41.1 Å². The molecule has 1 aromatic rings. The highest BCUT2D eigenvalue weighted by Crippen LogP contribution is 2.11. The van der Waals surface area contributed by atoms with Gasteiger partial charge in [-0.15, -0.1) is 0 Å². The zero-order valence-corrected chi connectivity index (χ0v) is 10.9. The van der Waals surface area contributed by atoms with Crippen molar-refractivity contribution in [1.82, 2.24) is 5.32 Å². The minimum absolute atomic E-state index is 0.0618. The molecule has 0 bridgehead atoms. The SMILES string of the molecule is CCNC(C)CC(=O)Nc1cccc(CC)c1. The van der Waals surface area contributed by atoms with Crippen molar-refractivity contribution >= 4 is 11.6 Å². The average molecular weight is 234 g/mol. The Morgan fingerprint density at radius 3 is 2.76 bits per heavy atom. The van der Waals surface area contributed by atoms with Gasteiger partial charge in [-0.1, -0.05) is 26.0 Å². The molecular weight excluding hydrogens is 212 g/mol. The van der Waals surface area contributed by atoms with Crippen molar-refractivity contribution in [1.29, 1.82) is 0 Å². The van der Waals surface area contributed by atoms with Gasteiger partial charge in [0.1, 0.15) is 0 Å². The van der Waals surface area contributed by atoms with Crippen LogP contribution in [0.1, 0.15) is 32.8 Å². The normalized spacial score (nSPS) is 12.2. The van der Waals surface area contributed by atoms with Gasteiger partial charge in [0.15, 0.2) is 0 Å². The van der Waals surface area contributed by atoms with Crippen LogP contribution >= 0.6 is 0 Å². The van der Waals surface area contributed by atoms with Gasteiger partial charge >= 0.3 is 0 Å². The van der Waals surface area contributed by atoms with Gasteiger partial charge in [-0.2, -0.15) is 0 Å². The standard InChI is InChI=1S/C14H22N2O/c1-4-12-7-6-8-13(10-12)16-14(17)9-11(3)15-5-2/h6-8,10-11,15H,4-5,9H2,1-3H3,(H,16,17). The van der Waals surface area contributed by atoms with E-state index in [0.29, 0.717) is 6.42 Å². The van der Waals surface area contributed by atoms with Gasteiger partial charge in [0.05, 0.1) is 0 Å². The molecule has 0 saturated carbocycles. The summed E-state index contributed by atoms with van der Waals surface area (Å²) in [5.41, 5.74) is 2.13. The maximum absolute atomic E-state index is 11.7. The van der Waals surface area contributed by atoms with Gasteiger partial charge in [0.2, 0.25) is 5.91 Å². The van der Waals surface area contributed by atoms with Crippen LogP contribution in [0.4, 0.5) is 5.69 Å². The van der Waals surface area contributed by atoms with E-state index in [2.05, 4.69) is 23.6 Å². The molecule has 94 valence electrons. The molecule has 0 fully saturated rings. The third-order valence-electron chi connectivity index (χ3n) is 2.66. The summed E-state index contributed by atoms with van der Waals surface area (Å²) in [5.74, 6) is 0.0618. The van der Waals surface area contributed by atoms with E-state index in [0.717, 1.165) is 18.7 Å². The Bertz CT molecular complexity index is 363. The Morgan fingerprint density at radius 1 is 1.35 bits per heavy atom. The second kappa shape index (κ2) is 7.07. The van der Waals surface area contributed by atoms with Crippen LogP contribution in [0.5, 0.6) is 0 Å². The molecule has 2 N–H and O–H groups in total. The Labute approximate surface area is 104 Å². The summed E-state index contributed by atoms with van der Waals surface area (Å²) in [5, 5.41) is 6.15. The lowest BCUT2D eigenvalue weighted by molar-refractivity contribution is -0.116. The minimum Gasteiger partial charge on any atom is -0.326 e. The monoisotopic (exact) mass is 234 g/mol. The Kier molecular flexibility index (Phi) is 5.70. The van der Waals surface area contributed by atoms with Crippen LogP contribution in [0.2, 0.25) is 0 Å². The van der Waals surface area contributed by atoms with Crippen molar-refractivity contribution in [2.45, 2.75) is 39.7 Å². The summed E-state index contributed by atoms with van der Waals surface area (Å²) in [6.45, 7) is 7.05. The molecule has 0 aromatic heterocycles. The first-order valence-corrected chi connectivity index (χ1v) is 6.27. The molecule has 17 heavy (non-hydrogen) atoms. The van der Waals surface area contributed by atoms with Crippen LogP contribution in [-0.2, 0) is 11.2 Å². The molecule has 3 nitrogen and oxygen atoms in total. The molecule has 0 saturated heterocycles. The largest absolute Gasteiger partial charge is 0.326 e. The van der Waals surface area contributed by atoms with Gasteiger partial charge < -0.3 is 10.6 Å². The van der Waals surface area contributed by atoms with E-state index in [1.807, 2.05) is 32.0 Å². The molecule has 1 aromatic carbocycles. The Morgan fingerprint density at radius 2 is 2.12 bits per heavy atom. The highest BCUT2D eigenvalue weighted by molar-refractivity contribution is 5.91. The van der Waals surface area contributed by atoms with Crippen LogP contribution in [0.15, 0.2) is 24.3 Å². The minimum atomic E-state index is 0.0618. The van der Waals surface area contributed by atoms with Crippen LogP contribution in [0.25, 0.3) is 0 Å². The molecule has 0 aliphatic heterocycles. The number of anilines is 1. The van der Waals surface area contributed by atoms with Crippen molar-refractivity contribution in [3.8, 4) is 0 Å². The summed E-state index contributed by atoms with van der Waals surface area (Å²) in [4.78, 5) is 11.7. The number of hydrogen-bond donors (Lipinski definition) is 2. The molecular formula is C14H22N2O. The first-order chi connectivity index (χ1) is 8.15. The van der Waals surface area contributed by atoms with Crippen molar-refractivity contribution in [2.24, 2.45) is 0 Å². The van der Waals surface area contributed by atoms with Crippen LogP contribution in [-0.4, -0.2) is 18.5 Å². The van der Waals surface area contributed by atoms with Crippen molar-refractivity contribution in [3.63, 3.8) is 0 Å². The quantitative estimate of drug-likeness (QED) is 0.794. The molecule has 1 amide bonds. The van der Waals surface area contributed by atoms with Crippen molar-refractivity contribution < 1.29 is 4.79 Å². The molecule has 1 rings (SSSR count). The lowest BCUT2D eigenvalue weighted by Crippen LogP contribution is -2.30. The van der Waals surface area contributed by atoms with E-state index in [1.165, 1.54) is 5.56 Å². The van der Waals surface area contributed by atoms with Gasteiger partial charge in [0.25, 0.3) is 0 Å². The maximum atomic E-state index is 11.7. The van der Waals surface area contributed by atoms with E-state index in [1.54, 1.807) is 0 Å². The average Bonchev–Trinajstić information content (AvgIpc) is 2.29. The third kappa shape index (κ3) is 5.00. The summed E-state index contributed by atoms with van der Waals surface area (Å²) in [6, 6.07) is 8.21. The van der Waals surface area contributed by atoms with E-state index in [4.69, 9.17) is 0 Å². The van der Waals surface area contributed by atoms with Gasteiger partial charge in [-0.05, 0) is 37.6 Å². The molecule has 1 atom stereocenters. The van der Waals surface area contributed by atoms with Crippen molar-refractivity contribution in [2.75, 3.05) is 11.9 Å². The first kappa shape index (κ1) is 13.7. The number of carbonyl (C=O) groups is 1. The maximum Gasteiger partial charge on any atom is 0.225 e. The highest BCUT2D eigenvalue weighted by atomic mass is 16.1. The van der Waals surface area contributed by atoms with Crippen LogP contribution in [0.3, 0.4) is 0 Å². The Hall–Kier alpha value is -1.35. The van der Waals surface area contributed by atoms with Crippen LogP contribution < -0.4 is 10.6 Å². The molecule has 0 radical (unpaired) electrons. The lowest BCUT2D eigenvalue weighted by atomic mass is 10.1. The number of aryl methyl sites for hydroxylation is 1. The molecule has 3 heteroatoms. The zero-order valence-electron chi connectivity index (χ0n) is 10.9. The first-order valence-electron chi connectivity index (χ1n) is 6.27. The molecule has 1 unspecified atom stereocenters. The van der Waals surface area contributed by atoms with Gasteiger partial charge in [0, 0.05) is 18.2 Å². The van der Waals surface area contributed by atoms with Crippen molar-refractivity contribution in [3.05, 3.63) is 29.8 Å². The van der Waals surface area contributed by atoms with Crippen LogP contribution in [0, 0.1) is 0 Å². The number of benzene rings is 1. The van der Waals surface area contributed by atoms with E-state index in [9.17, 15) is 4.79 Å². The molecule has 0 heterocycles. The number of hydrogen-bond acceptors (Lipinski definition) is 2. The molecule has 0 aliphatic carbocycles. The molecule has 0 aliphatic rings. The second-order valence-corrected chi connectivity index (χ2v) is 4.26. The predicted octanol–water partition coefficient (Wildman–Crippen LogP) is 2.58. The number of carbonyl (C=O) groups excluding carboxylic acids is 1. The highest BCUT2D eigenvalue weighted by Gasteiger charge is 2.07. The summed E-state index contributed by atoms with van der Waals surface area (Å²) >= 11 is 0. The van der Waals surface area contributed by atoms with E-state index >= 15 is 0 Å². The summed E-state index contributed by atoms with van der Waals surface area (Å²) < 4.78 is 0. The van der Waals surface area contributed by atoms with Gasteiger partial charge in [-0.25, -0.2) is 0 Å². The lowest BCUT2D eigenvalue weighted by Gasteiger charge is -2.12. The van der Waals surface area contributed by atoms with E-state index < -0.39 is 0 Å². The van der Waals surface area contributed by atoms with E-state index in [-0.39, 0.29) is 11.9 Å². The fraction of sp³-hybridized carbons (Fsp3) is 0.500. The third-order valence-corrected chi connectivity index (χ3v) is 2.66. The number of rotatable bonds is 6. The number of amides is 1.